The van der Waals surface area contributed by atoms with Gasteiger partial charge in [-0.15, -0.1) is 0 Å². The van der Waals surface area contributed by atoms with Crippen molar-refractivity contribution in [3.8, 4) is 0 Å². The number of aryl methyl sites for hydroxylation is 1. The molecule has 0 unspecified atom stereocenters. The van der Waals surface area contributed by atoms with Gasteiger partial charge in [0, 0.05) is 23.4 Å². The maximum Gasteiger partial charge on any atom is 0.209 e. The summed E-state index contributed by atoms with van der Waals surface area (Å²) in [5.74, 6) is 2.04. The summed E-state index contributed by atoms with van der Waals surface area (Å²) in [6.07, 6.45) is 3.47. The largest absolute Gasteiger partial charge is 0.323 e. The highest BCUT2D eigenvalue weighted by molar-refractivity contribution is 7.89. The van der Waals surface area contributed by atoms with Crippen LogP contribution in [0, 0.1) is 0 Å². The van der Waals surface area contributed by atoms with E-state index in [2.05, 4.69) is 20.5 Å². The van der Waals surface area contributed by atoms with Crippen LogP contribution in [0.5, 0.6) is 0 Å². The number of primary sulfonamides is 1. The minimum absolute atomic E-state index is 0.0313. The van der Waals surface area contributed by atoms with Crippen LogP contribution in [-0.2, 0) is 16.4 Å². The Balaban J connectivity index is 1.60. The first-order valence-corrected chi connectivity index (χ1v) is 9.00. The van der Waals surface area contributed by atoms with Crippen LogP contribution >= 0.6 is 0 Å². The Morgan fingerprint density at radius 1 is 1.32 bits per heavy atom. The van der Waals surface area contributed by atoms with Crippen LogP contribution in [0.25, 0.3) is 0 Å². The molecule has 4 N–H and O–H groups in total. The third-order valence-corrected chi connectivity index (χ3v) is 4.40. The van der Waals surface area contributed by atoms with Crippen molar-refractivity contribution in [2.24, 2.45) is 5.14 Å². The number of hydrogen-bond donors (Lipinski definition) is 3. The zero-order chi connectivity index (χ0) is 15.6. The fraction of sp³-hybridized carbons (Fsp3) is 0.429. The molecule has 1 saturated carbocycles. The van der Waals surface area contributed by atoms with Crippen molar-refractivity contribution in [1.82, 2.24) is 15.2 Å². The van der Waals surface area contributed by atoms with E-state index in [0.29, 0.717) is 24.6 Å². The maximum absolute atomic E-state index is 10.9. The normalized spacial score (nSPS) is 15.0. The summed E-state index contributed by atoms with van der Waals surface area (Å²) < 4.78 is 21.9. The number of nitrogens with one attached hydrogen (secondary N) is 2. The molecule has 22 heavy (non-hydrogen) atoms. The van der Waals surface area contributed by atoms with E-state index in [1.54, 1.807) is 0 Å². The second kappa shape index (κ2) is 6.05. The molecule has 1 fully saturated rings. The highest BCUT2D eigenvalue weighted by Gasteiger charge is 2.25. The van der Waals surface area contributed by atoms with Crippen molar-refractivity contribution in [1.29, 1.82) is 0 Å². The lowest BCUT2D eigenvalue weighted by atomic mass is 10.2. The standard InChI is InChI=1S/C14H19N5O2S/c15-22(20,21)8-2-4-11-3-1-5-13(16-11)17-14-9-12(18-19-14)10-6-7-10/h1,3,5,9-10H,2,4,6-8H2,(H2,15,20,21)(H2,16,17,18,19). The van der Waals surface area contributed by atoms with Crippen LogP contribution in [-0.4, -0.2) is 29.4 Å². The summed E-state index contributed by atoms with van der Waals surface area (Å²) in [6, 6.07) is 7.62. The summed E-state index contributed by atoms with van der Waals surface area (Å²) in [4.78, 5) is 4.46. The Kier molecular flexibility index (Phi) is 4.12. The minimum Gasteiger partial charge on any atom is -0.323 e. The van der Waals surface area contributed by atoms with Gasteiger partial charge in [-0.3, -0.25) is 5.10 Å². The monoisotopic (exact) mass is 321 g/mol. The van der Waals surface area contributed by atoms with Crippen LogP contribution in [0.3, 0.4) is 0 Å². The van der Waals surface area contributed by atoms with Crippen LogP contribution in [0.2, 0.25) is 0 Å². The zero-order valence-electron chi connectivity index (χ0n) is 12.1. The lowest BCUT2D eigenvalue weighted by Crippen LogP contribution is -2.16. The SMILES string of the molecule is NS(=O)(=O)CCCc1cccc(Nc2cc(C3CC3)[nH]n2)n1. The molecule has 0 atom stereocenters. The van der Waals surface area contributed by atoms with Gasteiger partial charge in [0.05, 0.1) is 5.75 Å². The molecule has 1 aliphatic carbocycles. The molecule has 2 heterocycles. The number of aromatic amines is 1. The molecule has 0 bridgehead atoms. The van der Waals surface area contributed by atoms with Gasteiger partial charge in [0.15, 0.2) is 5.82 Å². The highest BCUT2D eigenvalue weighted by Crippen LogP contribution is 2.39. The number of H-pyrrole nitrogens is 1. The molecular formula is C14H19N5O2S. The molecular weight excluding hydrogens is 302 g/mol. The van der Waals surface area contributed by atoms with Gasteiger partial charge in [0.25, 0.3) is 0 Å². The van der Waals surface area contributed by atoms with Crippen molar-refractivity contribution in [2.75, 3.05) is 11.1 Å². The van der Waals surface area contributed by atoms with E-state index in [-0.39, 0.29) is 5.75 Å². The second-order valence-corrected chi connectivity index (χ2v) is 7.33. The molecule has 0 aliphatic heterocycles. The van der Waals surface area contributed by atoms with Gasteiger partial charge < -0.3 is 5.32 Å². The van der Waals surface area contributed by atoms with Gasteiger partial charge in [-0.25, -0.2) is 18.5 Å². The first-order chi connectivity index (χ1) is 10.5. The second-order valence-electron chi connectivity index (χ2n) is 5.59. The van der Waals surface area contributed by atoms with Crippen LogP contribution in [0.1, 0.15) is 36.6 Å². The molecule has 0 aromatic carbocycles. The lowest BCUT2D eigenvalue weighted by molar-refractivity contribution is 0.595. The molecule has 0 saturated heterocycles. The van der Waals surface area contributed by atoms with Crippen molar-refractivity contribution < 1.29 is 8.42 Å². The van der Waals surface area contributed by atoms with Gasteiger partial charge in [0.1, 0.15) is 5.82 Å². The molecule has 3 rings (SSSR count). The minimum atomic E-state index is -3.41. The Morgan fingerprint density at radius 2 is 2.14 bits per heavy atom. The number of nitrogens with zero attached hydrogens (tertiary/aromatic N) is 2. The van der Waals surface area contributed by atoms with Crippen LogP contribution in [0.4, 0.5) is 11.6 Å². The lowest BCUT2D eigenvalue weighted by Gasteiger charge is -2.05. The predicted octanol–water partition coefficient (Wildman–Crippen LogP) is 1.65. The Hall–Kier alpha value is -1.93. The number of aromatic nitrogens is 3. The Labute approximate surface area is 129 Å². The average Bonchev–Trinajstić information content (AvgIpc) is 3.19. The van der Waals surface area contributed by atoms with Gasteiger partial charge >= 0.3 is 0 Å². The quantitative estimate of drug-likeness (QED) is 0.717. The van der Waals surface area contributed by atoms with Gasteiger partial charge in [0.2, 0.25) is 10.0 Å². The van der Waals surface area contributed by atoms with Crippen molar-refractivity contribution in [2.45, 2.75) is 31.6 Å². The number of hydrogen-bond acceptors (Lipinski definition) is 5. The number of anilines is 2. The fourth-order valence-corrected chi connectivity index (χ4v) is 2.82. The topological polar surface area (TPSA) is 114 Å². The van der Waals surface area contributed by atoms with Crippen molar-refractivity contribution in [3.05, 3.63) is 35.7 Å². The first kappa shape index (κ1) is 15.0. The molecule has 7 nitrogen and oxygen atoms in total. The smallest absolute Gasteiger partial charge is 0.209 e. The van der Waals surface area contributed by atoms with E-state index in [4.69, 9.17) is 5.14 Å². The fourth-order valence-electron chi connectivity index (χ4n) is 2.28. The summed E-state index contributed by atoms with van der Waals surface area (Å²) in [5, 5.41) is 15.4. The van der Waals surface area contributed by atoms with E-state index in [1.807, 2.05) is 24.3 Å². The average molecular weight is 321 g/mol. The number of nitrogens with two attached hydrogens (primary N) is 1. The number of rotatable bonds is 7. The van der Waals surface area contributed by atoms with E-state index < -0.39 is 10.0 Å². The molecule has 2 aromatic rings. The zero-order valence-corrected chi connectivity index (χ0v) is 12.9. The summed E-state index contributed by atoms with van der Waals surface area (Å²) >= 11 is 0. The van der Waals surface area contributed by atoms with Gasteiger partial charge in [-0.05, 0) is 37.8 Å². The van der Waals surface area contributed by atoms with Crippen LogP contribution in [0.15, 0.2) is 24.3 Å². The maximum atomic E-state index is 10.9. The third-order valence-electron chi connectivity index (χ3n) is 3.54. The van der Waals surface area contributed by atoms with E-state index in [9.17, 15) is 8.42 Å². The van der Waals surface area contributed by atoms with Gasteiger partial charge in [-0.1, -0.05) is 6.07 Å². The van der Waals surface area contributed by atoms with Gasteiger partial charge in [-0.2, -0.15) is 5.10 Å². The van der Waals surface area contributed by atoms with Crippen molar-refractivity contribution in [3.63, 3.8) is 0 Å². The molecule has 8 heteroatoms. The summed E-state index contributed by atoms with van der Waals surface area (Å²) in [7, 11) is -3.41. The summed E-state index contributed by atoms with van der Waals surface area (Å²) in [6.45, 7) is 0. The number of sulfonamides is 1. The Morgan fingerprint density at radius 3 is 2.86 bits per heavy atom. The highest BCUT2D eigenvalue weighted by atomic mass is 32.2. The molecule has 118 valence electrons. The van der Waals surface area contributed by atoms with E-state index in [0.717, 1.165) is 17.2 Å². The molecule has 0 amide bonds. The predicted molar refractivity (Wildman–Crippen MR) is 84.4 cm³/mol. The number of pyridine rings is 1. The van der Waals surface area contributed by atoms with Crippen molar-refractivity contribution >= 4 is 21.7 Å². The molecule has 0 radical (unpaired) electrons. The third kappa shape index (κ3) is 4.28. The van der Waals surface area contributed by atoms with Crippen LogP contribution < -0.4 is 10.5 Å². The summed E-state index contributed by atoms with van der Waals surface area (Å²) in [5.41, 5.74) is 1.98. The van der Waals surface area contributed by atoms with E-state index >= 15 is 0 Å². The molecule has 0 spiro atoms. The molecule has 1 aliphatic rings. The van der Waals surface area contributed by atoms with E-state index in [1.165, 1.54) is 12.8 Å². The molecule has 2 aromatic heterocycles. The first-order valence-electron chi connectivity index (χ1n) is 7.28. The Bertz CT molecular complexity index is 752.